The molecule has 0 saturated carbocycles. The Bertz CT molecular complexity index is 95.9. The Hall–Kier alpha value is -0.492. The van der Waals surface area contributed by atoms with Crippen molar-refractivity contribution in [1.29, 1.82) is 0 Å². The van der Waals surface area contributed by atoms with E-state index >= 15 is 0 Å². The molecule has 2 nitrogen and oxygen atoms in total. The first-order valence-electron chi connectivity index (χ1n) is 2.00. The number of hydrogen-bond donors (Lipinski definition) is 0. The zero-order valence-electron chi connectivity index (χ0n) is 4.65. The first-order chi connectivity index (χ1) is 4.00. The molecule has 0 saturated heterocycles. The van der Waals surface area contributed by atoms with E-state index in [1.165, 1.54) is 0 Å². The topological polar surface area (TPSA) is 30.0 Å². The fourth-order valence-electron chi connectivity index (χ4n) is 0.277. The summed E-state index contributed by atoms with van der Waals surface area (Å²) >= 11 is 0. The van der Waals surface area contributed by atoms with Gasteiger partial charge in [0.1, 0.15) is 0 Å². The van der Waals surface area contributed by atoms with E-state index in [0.29, 0.717) is 0 Å². The molecule has 0 aliphatic heterocycles. The van der Waals surface area contributed by atoms with Gasteiger partial charge < -0.3 is 9.78 Å². The Morgan fingerprint density at radius 3 is 2.22 bits per heavy atom. The Kier molecular flexibility index (Phi) is 13.2. The SMILES string of the molecule is [CH-]=O.[W+2].[c-]1cccnc1. The maximum Gasteiger partial charge on any atom is 2.00 e. The molecule has 0 unspecified atom stereocenters. The summed E-state index contributed by atoms with van der Waals surface area (Å²) in [5, 5.41) is 0. The van der Waals surface area contributed by atoms with E-state index in [1.807, 2.05) is 12.1 Å². The quantitative estimate of drug-likeness (QED) is 0.518. The molecule has 0 aliphatic rings. The molecule has 0 N–H and O–H groups in total. The van der Waals surface area contributed by atoms with E-state index in [0.717, 1.165) is 0 Å². The number of rotatable bonds is 0. The second-order valence-electron chi connectivity index (χ2n) is 0.953. The predicted molar refractivity (Wildman–Crippen MR) is 29.8 cm³/mol. The molecular formula is C6H5NOW. The van der Waals surface area contributed by atoms with Gasteiger partial charge in [-0.15, -0.1) is 0 Å². The summed E-state index contributed by atoms with van der Waals surface area (Å²) in [6.45, 7) is 3.25. The molecule has 9 heavy (non-hydrogen) atoms. The third-order valence-electron chi connectivity index (χ3n) is 0.514. The van der Waals surface area contributed by atoms with Gasteiger partial charge in [0.25, 0.3) is 0 Å². The van der Waals surface area contributed by atoms with Crippen molar-refractivity contribution >= 4 is 6.79 Å². The predicted octanol–water partition coefficient (Wildman–Crippen LogP) is 0.605. The van der Waals surface area contributed by atoms with E-state index < -0.39 is 0 Å². The van der Waals surface area contributed by atoms with E-state index in [9.17, 15) is 0 Å². The smallest absolute Gasteiger partial charge is 0.545 e. The minimum absolute atomic E-state index is 0. The number of nitrogens with zero attached hydrogens (tertiary/aromatic N) is 1. The second kappa shape index (κ2) is 10.5. The van der Waals surface area contributed by atoms with Crippen molar-refractivity contribution in [3.8, 4) is 0 Å². The molecule has 0 aromatic carbocycles. The molecular weight excluding hydrogens is 286 g/mol. The van der Waals surface area contributed by atoms with E-state index in [-0.39, 0.29) is 21.1 Å². The van der Waals surface area contributed by atoms with Crippen LogP contribution < -0.4 is 0 Å². The zero-order chi connectivity index (χ0) is 6.24. The summed E-state index contributed by atoms with van der Waals surface area (Å²) in [6.07, 6.45) is 3.34. The number of hydrogen-bond acceptors (Lipinski definition) is 2. The molecule has 0 atom stereocenters. The molecule has 3 heteroatoms. The van der Waals surface area contributed by atoms with Gasteiger partial charge >= 0.3 is 21.1 Å². The van der Waals surface area contributed by atoms with Gasteiger partial charge in [0.15, 0.2) is 0 Å². The minimum atomic E-state index is 0. The van der Waals surface area contributed by atoms with Crippen LogP contribution >= 0.6 is 0 Å². The van der Waals surface area contributed by atoms with E-state index in [1.54, 1.807) is 12.4 Å². The minimum Gasteiger partial charge on any atom is -0.545 e. The van der Waals surface area contributed by atoms with E-state index in [4.69, 9.17) is 4.79 Å². The average Bonchev–Trinajstić information content (AvgIpc) is 1.96. The molecule has 0 spiro atoms. The van der Waals surface area contributed by atoms with Crippen LogP contribution in [0.5, 0.6) is 0 Å². The molecule has 1 aromatic rings. The van der Waals surface area contributed by atoms with Gasteiger partial charge in [-0.3, -0.25) is 6.79 Å². The first kappa shape index (κ1) is 11.3. The van der Waals surface area contributed by atoms with Crippen LogP contribution in [-0.4, -0.2) is 11.8 Å². The van der Waals surface area contributed by atoms with Crippen LogP contribution in [0.3, 0.4) is 0 Å². The summed E-state index contributed by atoms with van der Waals surface area (Å²) < 4.78 is 0. The standard InChI is InChI=1S/C5H4N.CHO.W/c1-2-4-6-5-3-1;1-2;/h1-2,4-5H;1H;/q2*-1;+2. The van der Waals surface area contributed by atoms with Gasteiger partial charge in [0, 0.05) is 0 Å². The summed E-state index contributed by atoms with van der Waals surface area (Å²) in [5.74, 6) is 0. The van der Waals surface area contributed by atoms with Crippen molar-refractivity contribution in [2.24, 2.45) is 0 Å². The third-order valence-corrected chi connectivity index (χ3v) is 0.514. The number of pyridine rings is 1. The van der Waals surface area contributed by atoms with Crippen LogP contribution in [0.25, 0.3) is 0 Å². The summed E-state index contributed by atoms with van der Waals surface area (Å²) in [5.41, 5.74) is 0. The van der Waals surface area contributed by atoms with Crippen molar-refractivity contribution in [3.63, 3.8) is 0 Å². The largest absolute Gasteiger partial charge is 2.00 e. The van der Waals surface area contributed by atoms with Crippen LogP contribution in [0.2, 0.25) is 0 Å². The Morgan fingerprint density at radius 1 is 1.44 bits per heavy atom. The van der Waals surface area contributed by atoms with Crippen molar-refractivity contribution in [3.05, 3.63) is 30.6 Å². The van der Waals surface area contributed by atoms with Gasteiger partial charge in [0.2, 0.25) is 0 Å². The van der Waals surface area contributed by atoms with Crippen molar-refractivity contribution in [2.75, 3.05) is 0 Å². The number of carbonyl (C=O) groups excluding carboxylic acids is 1. The van der Waals surface area contributed by atoms with Crippen molar-refractivity contribution in [1.82, 2.24) is 4.98 Å². The summed E-state index contributed by atoms with van der Waals surface area (Å²) in [4.78, 5) is 11.5. The Labute approximate surface area is 68.6 Å². The van der Waals surface area contributed by atoms with Gasteiger partial charge in [-0.2, -0.15) is 6.07 Å². The van der Waals surface area contributed by atoms with Gasteiger partial charge in [-0.25, -0.2) is 12.1 Å². The first-order valence-corrected chi connectivity index (χ1v) is 2.00. The molecule has 0 aliphatic carbocycles. The molecule has 46 valence electrons. The molecule has 1 rings (SSSR count). The van der Waals surface area contributed by atoms with Crippen LogP contribution in [0.15, 0.2) is 24.5 Å². The average molecular weight is 291 g/mol. The molecule has 0 radical (unpaired) electrons. The van der Waals surface area contributed by atoms with Crippen LogP contribution in [0, 0.1) is 6.07 Å². The van der Waals surface area contributed by atoms with Gasteiger partial charge in [-0.1, -0.05) is 12.4 Å². The molecule has 0 amide bonds. The second-order valence-corrected chi connectivity index (χ2v) is 0.953. The Morgan fingerprint density at radius 2 is 2.11 bits per heavy atom. The van der Waals surface area contributed by atoms with Crippen LogP contribution in [0.4, 0.5) is 0 Å². The van der Waals surface area contributed by atoms with Crippen molar-refractivity contribution in [2.45, 2.75) is 0 Å². The number of aromatic nitrogens is 1. The third kappa shape index (κ3) is 7.51. The maximum atomic E-state index is 7.75. The molecule has 0 fully saturated rings. The van der Waals surface area contributed by atoms with E-state index in [2.05, 4.69) is 17.8 Å². The fourth-order valence-corrected chi connectivity index (χ4v) is 0.277. The monoisotopic (exact) mass is 291 g/mol. The molecule has 0 bridgehead atoms. The molecule has 1 heterocycles. The summed E-state index contributed by atoms with van der Waals surface area (Å²) in [6, 6.07) is 6.43. The van der Waals surface area contributed by atoms with Crippen LogP contribution in [0.1, 0.15) is 0 Å². The zero-order valence-corrected chi connectivity index (χ0v) is 7.58. The fraction of sp³-hybridized carbons (Fsp3) is 0. The van der Waals surface area contributed by atoms with Gasteiger partial charge in [-0.05, 0) is 0 Å². The molecule has 1 aromatic heterocycles. The summed E-state index contributed by atoms with van der Waals surface area (Å²) in [7, 11) is 0. The van der Waals surface area contributed by atoms with Gasteiger partial charge in [0.05, 0.1) is 0 Å². The van der Waals surface area contributed by atoms with Crippen molar-refractivity contribution < 1.29 is 25.9 Å². The normalized spacial score (nSPS) is 5.78. The maximum absolute atomic E-state index is 7.75. The Balaban J connectivity index is 0. The van der Waals surface area contributed by atoms with Crippen LogP contribution in [-0.2, 0) is 25.9 Å².